The number of nitrogens with one attached hydrogen (secondary N) is 1. The largest absolute Gasteiger partial charge is 0.393 e. The molecule has 2 rings (SSSR count). The molecule has 0 spiro atoms. The second-order valence-corrected chi connectivity index (χ2v) is 5.27. The van der Waals surface area contributed by atoms with E-state index in [9.17, 15) is 9.90 Å². The van der Waals surface area contributed by atoms with E-state index in [1.165, 1.54) is 0 Å². The van der Waals surface area contributed by atoms with Crippen molar-refractivity contribution in [3.05, 3.63) is 17.8 Å². The van der Waals surface area contributed by atoms with Crippen LogP contribution in [0.2, 0.25) is 0 Å². The highest BCUT2D eigenvalue weighted by Gasteiger charge is 2.30. The van der Waals surface area contributed by atoms with E-state index in [0.29, 0.717) is 24.6 Å². The molecule has 1 amide bonds. The molecule has 2 N–H and O–H groups in total. The molecule has 6 nitrogen and oxygen atoms in total. The third kappa shape index (κ3) is 3.45. The van der Waals surface area contributed by atoms with E-state index in [4.69, 9.17) is 0 Å². The van der Waals surface area contributed by atoms with Gasteiger partial charge in [-0.15, -0.1) is 10.2 Å². The van der Waals surface area contributed by atoms with E-state index < -0.39 is 0 Å². The van der Waals surface area contributed by atoms with Gasteiger partial charge in [-0.3, -0.25) is 4.79 Å². The first-order chi connectivity index (χ1) is 9.61. The molecule has 2 heterocycles. The fraction of sp³-hybridized carbons (Fsp3) is 0.643. The fourth-order valence-electron chi connectivity index (χ4n) is 2.32. The summed E-state index contributed by atoms with van der Waals surface area (Å²) < 4.78 is 0. The molecule has 0 aromatic carbocycles. The topological polar surface area (TPSA) is 78.4 Å². The standard InChI is InChI=1S/C14H22N4O2/c1-3-7-15-13-5-4-12(16-17-13)14(20)18-8-6-11(9-18)10(2)19/h4-5,10-11,19H,3,6-9H2,1-2H3,(H,15,17). The summed E-state index contributed by atoms with van der Waals surface area (Å²) in [6, 6.07) is 3.47. The fourth-order valence-corrected chi connectivity index (χ4v) is 2.32. The van der Waals surface area contributed by atoms with Crippen molar-refractivity contribution in [1.82, 2.24) is 15.1 Å². The van der Waals surface area contributed by atoms with Crippen LogP contribution in [0.25, 0.3) is 0 Å². The van der Waals surface area contributed by atoms with Gasteiger partial charge in [0.2, 0.25) is 0 Å². The minimum Gasteiger partial charge on any atom is -0.393 e. The van der Waals surface area contributed by atoms with E-state index in [1.807, 2.05) is 0 Å². The molecule has 2 atom stereocenters. The van der Waals surface area contributed by atoms with Gasteiger partial charge < -0.3 is 15.3 Å². The van der Waals surface area contributed by atoms with Gasteiger partial charge in [0.1, 0.15) is 5.82 Å². The van der Waals surface area contributed by atoms with Crippen molar-refractivity contribution in [3.63, 3.8) is 0 Å². The molecule has 0 radical (unpaired) electrons. The van der Waals surface area contributed by atoms with Gasteiger partial charge >= 0.3 is 0 Å². The average molecular weight is 278 g/mol. The summed E-state index contributed by atoms with van der Waals surface area (Å²) in [6.07, 6.45) is 1.48. The van der Waals surface area contributed by atoms with Crippen molar-refractivity contribution in [2.45, 2.75) is 32.8 Å². The second-order valence-electron chi connectivity index (χ2n) is 5.27. The number of carbonyl (C=O) groups is 1. The van der Waals surface area contributed by atoms with Gasteiger partial charge in [-0.25, -0.2) is 0 Å². The van der Waals surface area contributed by atoms with Crippen LogP contribution in [-0.2, 0) is 0 Å². The first-order valence-electron chi connectivity index (χ1n) is 7.16. The quantitative estimate of drug-likeness (QED) is 0.844. The molecule has 0 aliphatic carbocycles. The van der Waals surface area contributed by atoms with Crippen LogP contribution in [0.5, 0.6) is 0 Å². The zero-order valence-corrected chi connectivity index (χ0v) is 12.0. The van der Waals surface area contributed by atoms with Gasteiger partial charge in [0.15, 0.2) is 5.69 Å². The van der Waals surface area contributed by atoms with Gasteiger partial charge in [-0.05, 0) is 31.9 Å². The van der Waals surface area contributed by atoms with Gasteiger partial charge in [0.05, 0.1) is 6.10 Å². The van der Waals surface area contributed by atoms with Gasteiger partial charge in [-0.2, -0.15) is 0 Å². The SMILES string of the molecule is CCCNc1ccc(C(=O)N2CCC(C(C)O)C2)nn1. The lowest BCUT2D eigenvalue weighted by atomic mass is 10.0. The number of carbonyl (C=O) groups excluding carboxylic acids is 1. The summed E-state index contributed by atoms with van der Waals surface area (Å²) in [7, 11) is 0. The second kappa shape index (κ2) is 6.65. The maximum Gasteiger partial charge on any atom is 0.274 e. The highest BCUT2D eigenvalue weighted by molar-refractivity contribution is 5.92. The zero-order valence-electron chi connectivity index (χ0n) is 12.0. The molecular weight excluding hydrogens is 256 g/mol. The Morgan fingerprint density at radius 1 is 1.55 bits per heavy atom. The minimum atomic E-state index is -0.375. The van der Waals surface area contributed by atoms with Crippen LogP contribution in [0, 0.1) is 5.92 Å². The molecule has 110 valence electrons. The summed E-state index contributed by atoms with van der Waals surface area (Å²) in [5.74, 6) is 0.742. The Labute approximate surface area is 119 Å². The summed E-state index contributed by atoms with van der Waals surface area (Å²) >= 11 is 0. The van der Waals surface area contributed by atoms with Crippen LogP contribution in [0.15, 0.2) is 12.1 Å². The van der Waals surface area contributed by atoms with E-state index in [0.717, 1.165) is 19.4 Å². The first kappa shape index (κ1) is 14.7. The van der Waals surface area contributed by atoms with Crippen molar-refractivity contribution in [1.29, 1.82) is 0 Å². The number of aliphatic hydroxyl groups excluding tert-OH is 1. The van der Waals surface area contributed by atoms with E-state index >= 15 is 0 Å². The third-order valence-corrected chi connectivity index (χ3v) is 3.63. The van der Waals surface area contributed by atoms with Crippen molar-refractivity contribution < 1.29 is 9.90 Å². The van der Waals surface area contributed by atoms with Crippen LogP contribution in [0.1, 0.15) is 37.2 Å². The van der Waals surface area contributed by atoms with Crippen molar-refractivity contribution in [2.75, 3.05) is 25.0 Å². The molecule has 1 aromatic heterocycles. The predicted molar refractivity (Wildman–Crippen MR) is 76.5 cm³/mol. The molecule has 1 aliphatic heterocycles. The van der Waals surface area contributed by atoms with Gasteiger partial charge in [-0.1, -0.05) is 6.92 Å². The Hall–Kier alpha value is -1.69. The molecule has 0 bridgehead atoms. The Kier molecular flexibility index (Phi) is 4.89. The van der Waals surface area contributed by atoms with Crippen LogP contribution in [0.4, 0.5) is 5.82 Å². The Morgan fingerprint density at radius 3 is 2.90 bits per heavy atom. The normalized spacial score (nSPS) is 19.9. The van der Waals surface area contributed by atoms with E-state index in [1.54, 1.807) is 24.0 Å². The highest BCUT2D eigenvalue weighted by atomic mass is 16.3. The van der Waals surface area contributed by atoms with E-state index in [-0.39, 0.29) is 17.9 Å². The summed E-state index contributed by atoms with van der Waals surface area (Å²) in [5.41, 5.74) is 0.360. The monoisotopic (exact) mass is 278 g/mol. The molecule has 20 heavy (non-hydrogen) atoms. The Bertz CT molecular complexity index is 447. The number of aliphatic hydroxyl groups is 1. The number of aromatic nitrogens is 2. The Balaban J connectivity index is 1.96. The lowest BCUT2D eigenvalue weighted by Crippen LogP contribution is -2.31. The first-order valence-corrected chi connectivity index (χ1v) is 7.16. The average Bonchev–Trinajstić information content (AvgIpc) is 2.95. The Morgan fingerprint density at radius 2 is 2.35 bits per heavy atom. The van der Waals surface area contributed by atoms with Gasteiger partial charge in [0.25, 0.3) is 5.91 Å². The molecule has 1 fully saturated rings. The molecule has 1 aliphatic rings. The maximum atomic E-state index is 12.3. The van der Waals surface area contributed by atoms with Crippen LogP contribution >= 0.6 is 0 Å². The van der Waals surface area contributed by atoms with Crippen molar-refractivity contribution >= 4 is 11.7 Å². The number of anilines is 1. The number of hydrogen-bond donors (Lipinski definition) is 2. The number of likely N-dealkylation sites (tertiary alicyclic amines) is 1. The van der Waals surface area contributed by atoms with Crippen molar-refractivity contribution in [3.8, 4) is 0 Å². The minimum absolute atomic E-state index is 0.109. The van der Waals surface area contributed by atoms with Crippen LogP contribution in [-0.4, -0.2) is 51.8 Å². The molecule has 6 heteroatoms. The molecule has 1 aromatic rings. The van der Waals surface area contributed by atoms with E-state index in [2.05, 4.69) is 22.4 Å². The predicted octanol–water partition coefficient (Wildman–Crippen LogP) is 1.14. The van der Waals surface area contributed by atoms with Crippen LogP contribution in [0.3, 0.4) is 0 Å². The smallest absolute Gasteiger partial charge is 0.274 e. The number of nitrogens with zero attached hydrogens (tertiary/aromatic N) is 3. The third-order valence-electron chi connectivity index (χ3n) is 3.63. The molecular formula is C14H22N4O2. The summed E-state index contributed by atoms with van der Waals surface area (Å²) in [5, 5.41) is 20.7. The lowest BCUT2D eigenvalue weighted by Gasteiger charge is -2.17. The van der Waals surface area contributed by atoms with Crippen LogP contribution < -0.4 is 5.32 Å². The number of hydrogen-bond acceptors (Lipinski definition) is 5. The molecule has 2 unspecified atom stereocenters. The summed E-state index contributed by atoms with van der Waals surface area (Å²) in [6.45, 7) is 5.95. The molecule has 1 saturated heterocycles. The highest BCUT2D eigenvalue weighted by Crippen LogP contribution is 2.21. The van der Waals surface area contributed by atoms with Crippen molar-refractivity contribution in [2.24, 2.45) is 5.92 Å². The lowest BCUT2D eigenvalue weighted by molar-refractivity contribution is 0.0755. The summed E-state index contributed by atoms with van der Waals surface area (Å²) in [4.78, 5) is 14.0. The number of rotatable bonds is 5. The zero-order chi connectivity index (χ0) is 14.5. The molecule has 0 saturated carbocycles. The van der Waals surface area contributed by atoms with Gasteiger partial charge in [0, 0.05) is 25.6 Å². The maximum absolute atomic E-state index is 12.3. The number of amides is 1.